The lowest BCUT2D eigenvalue weighted by molar-refractivity contribution is 0.163. The van der Waals surface area contributed by atoms with E-state index in [0.29, 0.717) is 6.54 Å². The summed E-state index contributed by atoms with van der Waals surface area (Å²) in [7, 11) is 0. The van der Waals surface area contributed by atoms with Gasteiger partial charge in [-0.1, -0.05) is 60.2 Å². The number of allylic oxidation sites excluding steroid dienone is 4. The van der Waals surface area contributed by atoms with Crippen molar-refractivity contribution in [3.63, 3.8) is 0 Å². The fourth-order valence-corrected chi connectivity index (χ4v) is 2.35. The van der Waals surface area contributed by atoms with Gasteiger partial charge in [-0.05, 0) is 37.3 Å². The third kappa shape index (κ3) is 6.11. The van der Waals surface area contributed by atoms with Crippen molar-refractivity contribution < 1.29 is 5.11 Å². The van der Waals surface area contributed by atoms with Gasteiger partial charge in [0.1, 0.15) is 0 Å². The zero-order chi connectivity index (χ0) is 14.9. The third-order valence-corrected chi connectivity index (χ3v) is 3.67. The van der Waals surface area contributed by atoms with Crippen molar-refractivity contribution in [3.8, 4) is 0 Å². The number of aliphatic hydroxyl groups is 1. The van der Waals surface area contributed by atoms with Gasteiger partial charge in [0.05, 0.1) is 6.10 Å². The second-order valence-corrected chi connectivity index (χ2v) is 5.67. The van der Waals surface area contributed by atoms with Gasteiger partial charge in [-0.15, -0.1) is 0 Å². The summed E-state index contributed by atoms with van der Waals surface area (Å²) in [5.41, 5.74) is 3.93. The van der Waals surface area contributed by atoms with Crippen molar-refractivity contribution in [2.45, 2.75) is 32.3 Å². The highest BCUT2D eigenvalue weighted by atomic mass is 16.3. The molecule has 2 N–H and O–H groups in total. The van der Waals surface area contributed by atoms with E-state index in [4.69, 9.17) is 0 Å². The quantitative estimate of drug-likeness (QED) is 0.804. The lowest BCUT2D eigenvalue weighted by atomic mass is 10.1. The van der Waals surface area contributed by atoms with E-state index in [9.17, 15) is 5.11 Å². The van der Waals surface area contributed by atoms with Gasteiger partial charge >= 0.3 is 0 Å². The Labute approximate surface area is 127 Å². The standard InChI is InChI=1S/C19H25NO/c1-16-6-5-9-18(11-10-16)14-20-15-19(21)13-12-17-7-3-2-4-8-17/h2-5,7-11,19-21H,6,12-15H2,1H3. The van der Waals surface area contributed by atoms with Crippen LogP contribution in [0.5, 0.6) is 0 Å². The van der Waals surface area contributed by atoms with Crippen LogP contribution in [0.15, 0.2) is 65.8 Å². The van der Waals surface area contributed by atoms with Crippen molar-refractivity contribution in [1.82, 2.24) is 5.32 Å². The van der Waals surface area contributed by atoms with E-state index in [1.807, 2.05) is 18.2 Å². The molecule has 2 nitrogen and oxygen atoms in total. The number of hydrogen-bond acceptors (Lipinski definition) is 2. The van der Waals surface area contributed by atoms with Crippen LogP contribution < -0.4 is 5.32 Å². The zero-order valence-corrected chi connectivity index (χ0v) is 12.8. The Morgan fingerprint density at radius 2 is 2.00 bits per heavy atom. The van der Waals surface area contributed by atoms with Crippen molar-refractivity contribution in [2.75, 3.05) is 13.1 Å². The largest absolute Gasteiger partial charge is 0.392 e. The first-order valence-corrected chi connectivity index (χ1v) is 7.69. The molecular formula is C19H25NO. The molecule has 1 aromatic carbocycles. The van der Waals surface area contributed by atoms with E-state index in [2.05, 4.69) is 48.7 Å². The predicted molar refractivity (Wildman–Crippen MR) is 89.2 cm³/mol. The molecule has 0 amide bonds. The monoisotopic (exact) mass is 283 g/mol. The molecule has 21 heavy (non-hydrogen) atoms. The fourth-order valence-electron chi connectivity index (χ4n) is 2.35. The average Bonchev–Trinajstić information content (AvgIpc) is 2.71. The Balaban J connectivity index is 1.66. The first-order chi connectivity index (χ1) is 10.2. The molecule has 1 atom stereocenters. The van der Waals surface area contributed by atoms with Crippen LogP contribution in [0.3, 0.4) is 0 Å². The minimum Gasteiger partial charge on any atom is -0.392 e. The maximum atomic E-state index is 10.0. The summed E-state index contributed by atoms with van der Waals surface area (Å²) in [6.07, 6.45) is 11.1. The number of hydrogen-bond donors (Lipinski definition) is 2. The summed E-state index contributed by atoms with van der Waals surface area (Å²) in [4.78, 5) is 0. The summed E-state index contributed by atoms with van der Waals surface area (Å²) in [6.45, 7) is 3.59. The lowest BCUT2D eigenvalue weighted by Crippen LogP contribution is -2.28. The normalized spacial score (nSPS) is 16.1. The highest BCUT2D eigenvalue weighted by molar-refractivity contribution is 5.31. The molecule has 0 bridgehead atoms. The van der Waals surface area contributed by atoms with Crippen LogP contribution in [0.2, 0.25) is 0 Å². The molecule has 2 rings (SSSR count). The number of rotatable bonds is 7. The Morgan fingerprint density at radius 1 is 1.19 bits per heavy atom. The van der Waals surface area contributed by atoms with Crippen molar-refractivity contribution in [3.05, 3.63) is 71.3 Å². The Hall–Kier alpha value is -1.64. The second kappa shape index (κ2) is 8.60. The second-order valence-electron chi connectivity index (χ2n) is 5.67. The minimum absolute atomic E-state index is 0.294. The van der Waals surface area contributed by atoms with Gasteiger partial charge in [-0.2, -0.15) is 0 Å². The summed E-state index contributed by atoms with van der Waals surface area (Å²) in [6, 6.07) is 10.3. The highest BCUT2D eigenvalue weighted by Gasteiger charge is 2.04. The zero-order valence-electron chi connectivity index (χ0n) is 12.8. The van der Waals surface area contributed by atoms with Crippen molar-refractivity contribution in [1.29, 1.82) is 0 Å². The summed E-state index contributed by atoms with van der Waals surface area (Å²) in [5.74, 6) is 0. The van der Waals surface area contributed by atoms with Crippen LogP contribution in [-0.4, -0.2) is 24.3 Å². The molecule has 0 radical (unpaired) electrons. The topological polar surface area (TPSA) is 32.3 Å². The average molecular weight is 283 g/mol. The third-order valence-electron chi connectivity index (χ3n) is 3.67. The first kappa shape index (κ1) is 15.7. The van der Waals surface area contributed by atoms with Crippen LogP contribution in [0.4, 0.5) is 0 Å². The van der Waals surface area contributed by atoms with Crippen molar-refractivity contribution >= 4 is 0 Å². The molecule has 0 saturated heterocycles. The van der Waals surface area contributed by atoms with Crippen LogP contribution in [0.1, 0.15) is 25.3 Å². The van der Waals surface area contributed by atoms with E-state index in [-0.39, 0.29) is 6.10 Å². The van der Waals surface area contributed by atoms with Gasteiger partial charge < -0.3 is 10.4 Å². The summed E-state index contributed by atoms with van der Waals surface area (Å²) < 4.78 is 0. The van der Waals surface area contributed by atoms with Gasteiger partial charge in [-0.25, -0.2) is 0 Å². The highest BCUT2D eigenvalue weighted by Crippen LogP contribution is 2.10. The first-order valence-electron chi connectivity index (χ1n) is 7.69. The molecule has 1 aromatic rings. The molecule has 1 aliphatic rings. The molecule has 1 unspecified atom stereocenters. The molecule has 0 heterocycles. The van der Waals surface area contributed by atoms with Crippen LogP contribution in [-0.2, 0) is 6.42 Å². The van der Waals surface area contributed by atoms with E-state index in [1.54, 1.807) is 0 Å². The maximum absolute atomic E-state index is 10.0. The predicted octanol–water partition coefficient (Wildman–Crippen LogP) is 3.40. The summed E-state index contributed by atoms with van der Waals surface area (Å²) >= 11 is 0. The molecular weight excluding hydrogens is 258 g/mol. The molecule has 0 saturated carbocycles. The van der Waals surface area contributed by atoms with Gasteiger partial charge in [0.25, 0.3) is 0 Å². The SMILES string of the molecule is CC1=CC=C(CNCC(O)CCc2ccccc2)C=CC1. The van der Waals surface area contributed by atoms with Crippen LogP contribution in [0, 0.1) is 0 Å². The number of benzene rings is 1. The molecule has 0 fully saturated rings. The number of aryl methyl sites for hydroxylation is 1. The Bertz CT molecular complexity index is 514. The summed E-state index contributed by atoms with van der Waals surface area (Å²) in [5, 5.41) is 13.4. The fraction of sp³-hybridized carbons (Fsp3) is 0.368. The van der Waals surface area contributed by atoms with E-state index >= 15 is 0 Å². The minimum atomic E-state index is -0.294. The van der Waals surface area contributed by atoms with Gasteiger partial charge in [0.15, 0.2) is 0 Å². The molecule has 0 aliphatic heterocycles. The van der Waals surface area contributed by atoms with Crippen LogP contribution >= 0.6 is 0 Å². The molecule has 0 aromatic heterocycles. The number of nitrogens with one attached hydrogen (secondary N) is 1. The van der Waals surface area contributed by atoms with Gasteiger partial charge in [0, 0.05) is 13.1 Å². The van der Waals surface area contributed by atoms with Gasteiger partial charge in [-0.3, -0.25) is 0 Å². The molecule has 2 heteroatoms. The number of aliphatic hydroxyl groups excluding tert-OH is 1. The Kier molecular flexibility index (Phi) is 6.45. The maximum Gasteiger partial charge on any atom is 0.0667 e. The van der Waals surface area contributed by atoms with E-state index in [0.717, 1.165) is 25.8 Å². The lowest BCUT2D eigenvalue weighted by Gasteiger charge is -2.12. The van der Waals surface area contributed by atoms with Gasteiger partial charge in [0.2, 0.25) is 0 Å². The van der Waals surface area contributed by atoms with Crippen LogP contribution in [0.25, 0.3) is 0 Å². The Morgan fingerprint density at radius 3 is 2.81 bits per heavy atom. The molecule has 1 aliphatic carbocycles. The molecule has 112 valence electrons. The van der Waals surface area contributed by atoms with E-state index < -0.39 is 0 Å². The van der Waals surface area contributed by atoms with Crippen molar-refractivity contribution in [2.24, 2.45) is 0 Å². The smallest absolute Gasteiger partial charge is 0.0667 e. The molecule has 0 spiro atoms. The van der Waals surface area contributed by atoms with E-state index in [1.165, 1.54) is 16.7 Å².